The fraction of sp³-hybridized carbons (Fsp3) is 0.533. The molecule has 1 aromatic carbocycles. The van der Waals surface area contributed by atoms with Crippen LogP contribution in [0.3, 0.4) is 0 Å². The molecular weight excluding hydrogens is 338 g/mol. The van der Waals surface area contributed by atoms with Crippen molar-refractivity contribution in [1.29, 1.82) is 0 Å². The highest BCUT2D eigenvalue weighted by molar-refractivity contribution is 7.88. The Morgan fingerprint density at radius 3 is 2.43 bits per heavy atom. The van der Waals surface area contributed by atoms with Crippen molar-refractivity contribution in [3.8, 4) is 0 Å². The van der Waals surface area contributed by atoms with E-state index in [1.165, 1.54) is 0 Å². The summed E-state index contributed by atoms with van der Waals surface area (Å²) in [5, 5.41) is 2.73. The normalized spacial score (nSPS) is 13.1. The zero-order valence-corrected chi connectivity index (χ0v) is 15.6. The van der Waals surface area contributed by atoms with E-state index in [-0.39, 0.29) is 36.5 Å². The van der Waals surface area contributed by atoms with Crippen molar-refractivity contribution >= 4 is 34.0 Å². The second-order valence-electron chi connectivity index (χ2n) is 6.44. The number of rotatable bonds is 6. The van der Waals surface area contributed by atoms with E-state index in [0.29, 0.717) is 11.3 Å². The summed E-state index contributed by atoms with van der Waals surface area (Å²) in [5.74, 6) is -0.620. The molecule has 1 rings (SSSR count). The summed E-state index contributed by atoms with van der Waals surface area (Å²) in [5.41, 5.74) is 6.09. The zero-order chi connectivity index (χ0) is 17.0. The lowest BCUT2D eigenvalue weighted by Gasteiger charge is -2.20. The SMILES string of the molecule is CC(CN)C(=O)Nc1cccc(CS(=O)(=O)NC(C)(C)C)c1.Cl. The molecule has 0 aromatic heterocycles. The number of nitrogens with two attached hydrogens (primary N) is 1. The molecule has 0 saturated carbocycles. The van der Waals surface area contributed by atoms with E-state index in [1.807, 2.05) is 0 Å². The highest BCUT2D eigenvalue weighted by Crippen LogP contribution is 2.15. The highest BCUT2D eigenvalue weighted by atomic mass is 35.5. The predicted octanol–water partition coefficient (Wildman–Crippen LogP) is 1.86. The summed E-state index contributed by atoms with van der Waals surface area (Å²) in [6, 6.07) is 6.80. The Kier molecular flexibility index (Phi) is 8.20. The Morgan fingerprint density at radius 2 is 1.91 bits per heavy atom. The zero-order valence-electron chi connectivity index (χ0n) is 13.9. The second kappa shape index (κ2) is 8.63. The van der Waals surface area contributed by atoms with Crippen LogP contribution in [0.1, 0.15) is 33.3 Å². The van der Waals surface area contributed by atoms with Crippen molar-refractivity contribution in [2.45, 2.75) is 39.0 Å². The van der Waals surface area contributed by atoms with Gasteiger partial charge in [0.1, 0.15) is 0 Å². The van der Waals surface area contributed by atoms with Gasteiger partial charge in [-0.25, -0.2) is 13.1 Å². The monoisotopic (exact) mass is 363 g/mol. The van der Waals surface area contributed by atoms with Crippen molar-refractivity contribution in [3.63, 3.8) is 0 Å². The quantitative estimate of drug-likeness (QED) is 0.717. The number of hydrogen-bond acceptors (Lipinski definition) is 4. The van der Waals surface area contributed by atoms with Crippen molar-refractivity contribution < 1.29 is 13.2 Å². The molecule has 0 aliphatic rings. The van der Waals surface area contributed by atoms with Crippen molar-refractivity contribution in [2.75, 3.05) is 11.9 Å². The van der Waals surface area contributed by atoms with Crippen LogP contribution in [0.2, 0.25) is 0 Å². The van der Waals surface area contributed by atoms with Crippen LogP contribution in [-0.4, -0.2) is 26.4 Å². The van der Waals surface area contributed by atoms with Gasteiger partial charge in [0, 0.05) is 23.7 Å². The van der Waals surface area contributed by atoms with Crippen LogP contribution < -0.4 is 15.8 Å². The number of carbonyl (C=O) groups is 1. The third-order valence-electron chi connectivity index (χ3n) is 2.81. The molecule has 0 fully saturated rings. The summed E-state index contributed by atoms with van der Waals surface area (Å²) in [7, 11) is -3.44. The summed E-state index contributed by atoms with van der Waals surface area (Å²) < 4.78 is 26.8. The third-order valence-corrected chi connectivity index (χ3v) is 4.45. The van der Waals surface area contributed by atoms with Gasteiger partial charge in [-0.3, -0.25) is 4.79 Å². The standard InChI is InChI=1S/C15H25N3O3S.ClH/c1-11(9-16)14(19)17-13-7-5-6-12(8-13)10-22(20,21)18-15(2,3)4;/h5-8,11,18H,9-10,16H2,1-4H3,(H,17,19);1H. The van der Waals surface area contributed by atoms with Gasteiger partial charge in [0.25, 0.3) is 0 Å². The van der Waals surface area contributed by atoms with Gasteiger partial charge in [0.05, 0.1) is 5.75 Å². The number of nitrogens with one attached hydrogen (secondary N) is 2. The first-order chi connectivity index (χ1) is 10.0. The molecule has 1 unspecified atom stereocenters. The average molecular weight is 364 g/mol. The van der Waals surface area contributed by atoms with Gasteiger partial charge >= 0.3 is 0 Å². The first kappa shape index (κ1) is 21.9. The Morgan fingerprint density at radius 1 is 1.30 bits per heavy atom. The van der Waals surface area contributed by atoms with E-state index >= 15 is 0 Å². The number of hydrogen-bond donors (Lipinski definition) is 3. The number of amides is 1. The molecule has 4 N–H and O–H groups in total. The molecule has 0 bridgehead atoms. The summed E-state index contributed by atoms with van der Waals surface area (Å²) in [4.78, 5) is 11.8. The highest BCUT2D eigenvalue weighted by Gasteiger charge is 2.20. The molecule has 0 aliphatic carbocycles. The van der Waals surface area contributed by atoms with Crippen LogP contribution in [0.4, 0.5) is 5.69 Å². The maximum atomic E-state index is 12.1. The lowest BCUT2D eigenvalue weighted by Crippen LogP contribution is -2.41. The van der Waals surface area contributed by atoms with E-state index < -0.39 is 15.6 Å². The number of benzene rings is 1. The number of halogens is 1. The molecule has 0 heterocycles. The summed E-state index contributed by atoms with van der Waals surface area (Å²) in [6.45, 7) is 7.35. The molecule has 6 nitrogen and oxygen atoms in total. The van der Waals surface area contributed by atoms with Crippen LogP contribution >= 0.6 is 12.4 Å². The van der Waals surface area contributed by atoms with Crippen molar-refractivity contribution in [2.24, 2.45) is 11.7 Å². The van der Waals surface area contributed by atoms with Gasteiger partial charge in [-0.1, -0.05) is 19.1 Å². The molecule has 8 heteroatoms. The van der Waals surface area contributed by atoms with Crippen LogP contribution in [-0.2, 0) is 20.6 Å². The summed E-state index contributed by atoms with van der Waals surface area (Å²) in [6.07, 6.45) is 0. The minimum absolute atomic E-state index is 0. The molecule has 1 aromatic rings. The lowest BCUT2D eigenvalue weighted by atomic mass is 10.1. The molecule has 1 atom stereocenters. The topological polar surface area (TPSA) is 101 Å². The van der Waals surface area contributed by atoms with Gasteiger partial charge < -0.3 is 11.1 Å². The Hall–Kier alpha value is -1.15. The molecule has 23 heavy (non-hydrogen) atoms. The Labute approximate surface area is 144 Å². The Bertz CT molecular complexity index is 627. The second-order valence-corrected chi connectivity index (χ2v) is 8.16. The lowest BCUT2D eigenvalue weighted by molar-refractivity contribution is -0.119. The van der Waals surface area contributed by atoms with Crippen molar-refractivity contribution in [1.82, 2.24) is 4.72 Å². The van der Waals surface area contributed by atoms with Gasteiger partial charge in [-0.15, -0.1) is 12.4 Å². The van der Waals surface area contributed by atoms with Gasteiger partial charge in [0.2, 0.25) is 15.9 Å². The molecule has 0 radical (unpaired) electrons. The molecule has 1 amide bonds. The number of carbonyl (C=O) groups excluding carboxylic acids is 1. The largest absolute Gasteiger partial charge is 0.330 e. The maximum absolute atomic E-state index is 12.1. The molecule has 132 valence electrons. The van der Waals surface area contributed by atoms with E-state index in [4.69, 9.17) is 5.73 Å². The smallest absolute Gasteiger partial charge is 0.228 e. The fourth-order valence-electron chi connectivity index (χ4n) is 1.83. The molecule has 0 saturated heterocycles. The first-order valence-electron chi connectivity index (χ1n) is 7.14. The maximum Gasteiger partial charge on any atom is 0.228 e. The fourth-order valence-corrected chi connectivity index (χ4v) is 3.46. The number of anilines is 1. The molecular formula is C15H26ClN3O3S. The minimum atomic E-state index is -3.44. The van der Waals surface area contributed by atoms with Crippen LogP contribution in [0.25, 0.3) is 0 Å². The minimum Gasteiger partial charge on any atom is -0.330 e. The van der Waals surface area contributed by atoms with Gasteiger partial charge in [-0.2, -0.15) is 0 Å². The average Bonchev–Trinajstić information content (AvgIpc) is 2.34. The molecule has 0 aliphatic heterocycles. The van der Waals surface area contributed by atoms with Crippen molar-refractivity contribution in [3.05, 3.63) is 29.8 Å². The van der Waals surface area contributed by atoms with Gasteiger partial charge in [0.15, 0.2) is 0 Å². The van der Waals surface area contributed by atoms with Gasteiger partial charge in [-0.05, 0) is 38.5 Å². The molecule has 0 spiro atoms. The van der Waals surface area contributed by atoms with Crippen LogP contribution in [0.15, 0.2) is 24.3 Å². The van der Waals surface area contributed by atoms with E-state index in [0.717, 1.165) is 0 Å². The predicted molar refractivity (Wildman–Crippen MR) is 96.1 cm³/mol. The third kappa shape index (κ3) is 8.31. The summed E-state index contributed by atoms with van der Waals surface area (Å²) >= 11 is 0. The number of sulfonamides is 1. The van der Waals surface area contributed by atoms with E-state index in [1.54, 1.807) is 52.0 Å². The first-order valence-corrected chi connectivity index (χ1v) is 8.79. The van der Waals surface area contributed by atoms with E-state index in [2.05, 4.69) is 10.0 Å². The Balaban J connectivity index is 0.00000484. The van der Waals surface area contributed by atoms with Crippen LogP contribution in [0.5, 0.6) is 0 Å². The van der Waals surface area contributed by atoms with E-state index in [9.17, 15) is 13.2 Å². The van der Waals surface area contributed by atoms with Crippen LogP contribution in [0, 0.1) is 5.92 Å².